The molecule has 0 saturated heterocycles. The van der Waals surface area contributed by atoms with E-state index in [1.807, 2.05) is 24.3 Å². The molecule has 0 amide bonds. The lowest BCUT2D eigenvalue weighted by molar-refractivity contribution is -0.121. The van der Waals surface area contributed by atoms with Crippen LogP contribution in [-0.2, 0) is 9.47 Å². The number of fused-ring (bicyclic) bond motifs is 1. The molecule has 0 unspecified atom stereocenters. The van der Waals surface area contributed by atoms with E-state index in [1.54, 1.807) is 14.2 Å². The molecule has 70 valence electrons. The Morgan fingerprint density at radius 2 is 1.92 bits per heavy atom. The van der Waals surface area contributed by atoms with Gasteiger partial charge in [-0.05, 0) is 6.07 Å². The Bertz CT molecular complexity index is 298. The van der Waals surface area contributed by atoms with Crippen LogP contribution in [0.5, 0.6) is 5.75 Å². The van der Waals surface area contributed by atoms with Gasteiger partial charge >= 0.3 is 0 Å². The van der Waals surface area contributed by atoms with Crippen molar-refractivity contribution < 1.29 is 14.2 Å². The minimum absolute atomic E-state index is 0.110. The lowest BCUT2D eigenvalue weighted by Crippen LogP contribution is -2.21. The highest BCUT2D eigenvalue weighted by Crippen LogP contribution is 2.38. The minimum Gasteiger partial charge on any atom is -0.461 e. The van der Waals surface area contributed by atoms with Gasteiger partial charge in [-0.2, -0.15) is 0 Å². The average molecular weight is 180 g/mol. The van der Waals surface area contributed by atoms with Crippen LogP contribution in [0, 0.1) is 0 Å². The zero-order chi connectivity index (χ0) is 9.26. The summed E-state index contributed by atoms with van der Waals surface area (Å²) in [4.78, 5) is 0. The zero-order valence-corrected chi connectivity index (χ0v) is 7.69. The summed E-state index contributed by atoms with van der Waals surface area (Å²) in [7, 11) is 3.27. The van der Waals surface area contributed by atoms with Gasteiger partial charge in [0.15, 0.2) is 0 Å². The van der Waals surface area contributed by atoms with Crippen molar-refractivity contribution in [3.05, 3.63) is 29.8 Å². The Morgan fingerprint density at radius 1 is 1.15 bits per heavy atom. The van der Waals surface area contributed by atoms with Crippen LogP contribution in [0.2, 0.25) is 0 Å². The normalized spacial score (nSPS) is 25.4. The second-order valence-electron chi connectivity index (χ2n) is 2.92. The summed E-state index contributed by atoms with van der Waals surface area (Å²) in [6.45, 7) is 0. The van der Waals surface area contributed by atoms with Gasteiger partial charge in [-0.25, -0.2) is 0 Å². The van der Waals surface area contributed by atoms with Crippen molar-refractivity contribution in [3.63, 3.8) is 0 Å². The fraction of sp³-hybridized carbons (Fsp3) is 0.400. The van der Waals surface area contributed by atoms with Gasteiger partial charge in [-0.15, -0.1) is 0 Å². The summed E-state index contributed by atoms with van der Waals surface area (Å²) in [5.41, 5.74) is 1.05. The van der Waals surface area contributed by atoms with E-state index in [2.05, 4.69) is 0 Å². The van der Waals surface area contributed by atoms with Gasteiger partial charge in [0.2, 0.25) is 6.29 Å². The maximum absolute atomic E-state index is 5.51. The van der Waals surface area contributed by atoms with Crippen molar-refractivity contribution in [1.29, 1.82) is 0 Å². The highest BCUT2D eigenvalue weighted by molar-refractivity contribution is 5.38. The SMILES string of the molecule is CO[C@H]1Oc2ccccc2[C@@H]1OC. The van der Waals surface area contributed by atoms with Crippen LogP contribution in [0.1, 0.15) is 11.7 Å². The molecule has 0 saturated carbocycles. The Labute approximate surface area is 77.2 Å². The molecule has 3 heteroatoms. The Balaban J connectivity index is 2.34. The van der Waals surface area contributed by atoms with Gasteiger partial charge in [0, 0.05) is 19.8 Å². The summed E-state index contributed by atoms with van der Waals surface area (Å²) in [5, 5.41) is 0. The number of methoxy groups -OCH3 is 2. The molecule has 0 radical (unpaired) electrons. The van der Waals surface area contributed by atoms with Crippen LogP contribution in [0.25, 0.3) is 0 Å². The average Bonchev–Trinajstić information content (AvgIpc) is 2.55. The molecule has 0 N–H and O–H groups in total. The van der Waals surface area contributed by atoms with Crippen LogP contribution in [0.15, 0.2) is 24.3 Å². The van der Waals surface area contributed by atoms with Crippen molar-refractivity contribution in [2.45, 2.75) is 12.4 Å². The predicted molar refractivity (Wildman–Crippen MR) is 47.6 cm³/mol. The van der Waals surface area contributed by atoms with Crippen molar-refractivity contribution in [2.75, 3.05) is 14.2 Å². The van der Waals surface area contributed by atoms with Gasteiger partial charge in [0.05, 0.1) is 0 Å². The summed E-state index contributed by atoms with van der Waals surface area (Å²) >= 11 is 0. The van der Waals surface area contributed by atoms with Crippen molar-refractivity contribution in [1.82, 2.24) is 0 Å². The van der Waals surface area contributed by atoms with Gasteiger partial charge in [0.25, 0.3) is 0 Å². The Kier molecular flexibility index (Phi) is 2.20. The van der Waals surface area contributed by atoms with Crippen LogP contribution in [-0.4, -0.2) is 20.5 Å². The minimum atomic E-state index is -0.317. The van der Waals surface area contributed by atoms with Crippen molar-refractivity contribution in [3.8, 4) is 5.75 Å². The van der Waals surface area contributed by atoms with Crippen molar-refractivity contribution >= 4 is 0 Å². The van der Waals surface area contributed by atoms with Gasteiger partial charge < -0.3 is 14.2 Å². The summed E-state index contributed by atoms with van der Waals surface area (Å²) < 4.78 is 16.0. The molecule has 0 spiro atoms. The van der Waals surface area contributed by atoms with E-state index in [1.165, 1.54) is 0 Å². The molecule has 13 heavy (non-hydrogen) atoms. The number of hydrogen-bond donors (Lipinski definition) is 0. The molecule has 1 aromatic rings. The third-order valence-corrected chi connectivity index (χ3v) is 2.20. The molecule has 2 rings (SSSR count). The summed E-state index contributed by atoms with van der Waals surface area (Å²) in [5.74, 6) is 0.848. The molecule has 1 heterocycles. The number of benzene rings is 1. The van der Waals surface area contributed by atoms with E-state index in [9.17, 15) is 0 Å². The molecule has 1 aliphatic heterocycles. The van der Waals surface area contributed by atoms with Crippen LogP contribution >= 0.6 is 0 Å². The van der Waals surface area contributed by atoms with Gasteiger partial charge in [-0.3, -0.25) is 0 Å². The van der Waals surface area contributed by atoms with E-state index in [0.29, 0.717) is 0 Å². The predicted octanol–water partition coefficient (Wildman–Crippen LogP) is 1.74. The number of hydrogen-bond acceptors (Lipinski definition) is 3. The van der Waals surface area contributed by atoms with E-state index < -0.39 is 0 Å². The molecule has 3 nitrogen and oxygen atoms in total. The van der Waals surface area contributed by atoms with E-state index in [4.69, 9.17) is 14.2 Å². The van der Waals surface area contributed by atoms with Gasteiger partial charge in [-0.1, -0.05) is 18.2 Å². The number of ether oxygens (including phenoxy) is 3. The van der Waals surface area contributed by atoms with Crippen LogP contribution < -0.4 is 4.74 Å². The second kappa shape index (κ2) is 3.36. The fourth-order valence-corrected chi connectivity index (χ4v) is 1.57. The number of rotatable bonds is 2. The zero-order valence-electron chi connectivity index (χ0n) is 7.69. The maximum Gasteiger partial charge on any atom is 0.230 e. The number of para-hydroxylation sites is 1. The summed E-state index contributed by atoms with van der Waals surface area (Å²) in [6.07, 6.45) is -0.427. The lowest BCUT2D eigenvalue weighted by atomic mass is 10.1. The van der Waals surface area contributed by atoms with E-state index in [-0.39, 0.29) is 12.4 Å². The highest BCUT2D eigenvalue weighted by atomic mass is 16.7. The largest absolute Gasteiger partial charge is 0.461 e. The Morgan fingerprint density at radius 3 is 2.62 bits per heavy atom. The van der Waals surface area contributed by atoms with Crippen molar-refractivity contribution in [2.24, 2.45) is 0 Å². The molecule has 0 bridgehead atoms. The molecule has 0 aliphatic carbocycles. The molecule has 1 aliphatic rings. The first-order valence-corrected chi connectivity index (χ1v) is 4.18. The third-order valence-electron chi connectivity index (χ3n) is 2.20. The molecular weight excluding hydrogens is 168 g/mol. The molecule has 0 aromatic heterocycles. The first-order chi connectivity index (χ1) is 6.36. The molecule has 0 fully saturated rings. The topological polar surface area (TPSA) is 27.7 Å². The standard InChI is InChI=1S/C10H12O3/c1-11-9-7-5-3-4-6-8(7)13-10(9)12-2/h3-6,9-10H,1-2H3/t9-,10-/m0/s1. The highest BCUT2D eigenvalue weighted by Gasteiger charge is 2.34. The quantitative estimate of drug-likeness (QED) is 0.693. The molecule has 2 atom stereocenters. The lowest BCUT2D eigenvalue weighted by Gasteiger charge is -2.15. The first-order valence-electron chi connectivity index (χ1n) is 4.18. The first kappa shape index (κ1) is 8.53. The van der Waals surface area contributed by atoms with Gasteiger partial charge in [0.1, 0.15) is 11.9 Å². The smallest absolute Gasteiger partial charge is 0.230 e. The summed E-state index contributed by atoms with van der Waals surface area (Å²) in [6, 6.07) is 7.80. The third kappa shape index (κ3) is 1.30. The molecule has 1 aromatic carbocycles. The monoisotopic (exact) mass is 180 g/mol. The van der Waals surface area contributed by atoms with Crippen LogP contribution in [0.4, 0.5) is 0 Å². The second-order valence-corrected chi connectivity index (χ2v) is 2.92. The van der Waals surface area contributed by atoms with E-state index >= 15 is 0 Å². The Hall–Kier alpha value is -1.06. The van der Waals surface area contributed by atoms with E-state index in [0.717, 1.165) is 11.3 Å². The molecular formula is C10H12O3. The maximum atomic E-state index is 5.51. The van der Waals surface area contributed by atoms with Crippen LogP contribution in [0.3, 0.4) is 0 Å². The fourth-order valence-electron chi connectivity index (χ4n) is 1.57.